The van der Waals surface area contributed by atoms with Gasteiger partial charge in [-0.15, -0.1) is 0 Å². The smallest absolute Gasteiger partial charge is 0.410 e. The number of ether oxygens (including phenoxy) is 2. The Labute approximate surface area is 143 Å². The van der Waals surface area contributed by atoms with E-state index in [4.69, 9.17) is 9.47 Å². The summed E-state index contributed by atoms with van der Waals surface area (Å²) in [6, 6.07) is 5.05. The van der Waals surface area contributed by atoms with E-state index in [-0.39, 0.29) is 5.91 Å². The predicted molar refractivity (Wildman–Crippen MR) is 92.3 cm³/mol. The molecule has 0 radical (unpaired) electrons. The van der Waals surface area contributed by atoms with Crippen LogP contribution in [0.15, 0.2) is 18.2 Å². The molecule has 2 rings (SSSR count). The van der Waals surface area contributed by atoms with Crippen LogP contribution in [-0.2, 0) is 9.53 Å². The number of anilines is 1. The van der Waals surface area contributed by atoms with Crippen molar-refractivity contribution in [2.75, 3.05) is 19.0 Å². The number of likely N-dealkylation sites (tertiary alicyclic amines) is 1. The van der Waals surface area contributed by atoms with E-state index in [2.05, 4.69) is 5.32 Å². The second-order valence-corrected chi connectivity index (χ2v) is 7.02. The summed E-state index contributed by atoms with van der Waals surface area (Å²) < 4.78 is 10.7. The second kappa shape index (κ2) is 7.11. The number of hydrogen-bond donors (Lipinski definition) is 1. The molecule has 1 aliphatic rings. The Hall–Kier alpha value is -2.24. The molecule has 1 N–H and O–H groups in total. The fraction of sp³-hybridized carbons (Fsp3) is 0.556. The van der Waals surface area contributed by atoms with Gasteiger partial charge >= 0.3 is 6.09 Å². The predicted octanol–water partition coefficient (Wildman–Crippen LogP) is 3.34. The topological polar surface area (TPSA) is 67.9 Å². The van der Waals surface area contributed by atoms with Crippen molar-refractivity contribution < 1.29 is 19.1 Å². The number of carbonyl (C=O) groups excluding carboxylic acids is 2. The zero-order valence-corrected chi connectivity index (χ0v) is 15.0. The van der Waals surface area contributed by atoms with Gasteiger partial charge in [-0.1, -0.05) is 6.07 Å². The number of hydrogen-bond acceptors (Lipinski definition) is 4. The van der Waals surface area contributed by atoms with Gasteiger partial charge in [0.05, 0.1) is 12.8 Å². The highest BCUT2D eigenvalue weighted by Crippen LogP contribution is 2.27. The highest BCUT2D eigenvalue weighted by molar-refractivity contribution is 5.98. The Kier molecular flexibility index (Phi) is 5.36. The number of rotatable bonds is 3. The molecule has 132 valence electrons. The molecule has 6 nitrogen and oxygen atoms in total. The van der Waals surface area contributed by atoms with Gasteiger partial charge < -0.3 is 14.8 Å². The summed E-state index contributed by atoms with van der Waals surface area (Å²) in [5, 5.41) is 2.88. The molecular formula is C18H26N2O4. The Bertz CT molecular complexity index is 622. The van der Waals surface area contributed by atoms with Crippen molar-refractivity contribution in [3.05, 3.63) is 23.8 Å². The van der Waals surface area contributed by atoms with Gasteiger partial charge in [0.2, 0.25) is 5.91 Å². The lowest BCUT2D eigenvalue weighted by Crippen LogP contribution is -2.45. The van der Waals surface area contributed by atoms with Crippen molar-refractivity contribution in [3.8, 4) is 5.75 Å². The normalized spacial score (nSPS) is 17.5. The van der Waals surface area contributed by atoms with Gasteiger partial charge in [-0.3, -0.25) is 9.69 Å². The van der Waals surface area contributed by atoms with Gasteiger partial charge in [-0.05, 0) is 58.2 Å². The van der Waals surface area contributed by atoms with Crippen molar-refractivity contribution in [2.45, 2.75) is 52.2 Å². The van der Waals surface area contributed by atoms with Gasteiger partial charge in [-0.2, -0.15) is 0 Å². The first-order chi connectivity index (χ1) is 11.2. The number of amides is 2. The molecule has 0 unspecified atom stereocenters. The fourth-order valence-electron chi connectivity index (χ4n) is 2.71. The van der Waals surface area contributed by atoms with E-state index >= 15 is 0 Å². The van der Waals surface area contributed by atoms with E-state index in [0.717, 1.165) is 12.0 Å². The summed E-state index contributed by atoms with van der Waals surface area (Å²) >= 11 is 0. The fourth-order valence-corrected chi connectivity index (χ4v) is 2.71. The highest BCUT2D eigenvalue weighted by atomic mass is 16.6. The third-order valence-electron chi connectivity index (χ3n) is 3.80. The first kappa shape index (κ1) is 18.1. The van der Waals surface area contributed by atoms with Gasteiger partial charge in [0.1, 0.15) is 17.4 Å². The molecule has 24 heavy (non-hydrogen) atoms. The minimum absolute atomic E-state index is 0.220. The zero-order chi connectivity index (χ0) is 17.9. The minimum Gasteiger partial charge on any atom is -0.495 e. The van der Waals surface area contributed by atoms with Crippen molar-refractivity contribution in [1.82, 2.24) is 4.90 Å². The maximum atomic E-state index is 12.7. The molecule has 1 aromatic rings. The standard InChI is InChI=1S/C18H26N2O4/c1-12-8-9-15(23-5)13(11-12)19-16(21)14-7-6-10-20(14)17(22)24-18(2,3)4/h8-9,11,14H,6-7,10H2,1-5H3,(H,19,21)/t14-/m0/s1. The Morgan fingerprint density at radius 1 is 1.29 bits per heavy atom. The number of carbonyl (C=O) groups is 2. The summed E-state index contributed by atoms with van der Waals surface area (Å²) in [4.78, 5) is 26.5. The molecule has 1 aliphatic heterocycles. The summed E-state index contributed by atoms with van der Waals surface area (Å²) in [6.07, 6.45) is 0.956. The number of nitrogens with one attached hydrogen (secondary N) is 1. The van der Waals surface area contributed by atoms with E-state index in [9.17, 15) is 9.59 Å². The summed E-state index contributed by atoms with van der Waals surface area (Å²) in [7, 11) is 1.56. The first-order valence-corrected chi connectivity index (χ1v) is 8.16. The molecule has 1 atom stereocenters. The molecule has 2 amide bonds. The Balaban J connectivity index is 2.11. The van der Waals surface area contributed by atoms with Crippen LogP contribution in [0.2, 0.25) is 0 Å². The molecule has 0 aliphatic carbocycles. The van der Waals surface area contributed by atoms with E-state index in [0.29, 0.717) is 24.4 Å². The van der Waals surface area contributed by atoms with Crippen LogP contribution in [0.5, 0.6) is 5.75 Å². The van der Waals surface area contributed by atoms with Crippen LogP contribution in [0.1, 0.15) is 39.2 Å². The molecule has 1 fully saturated rings. The van der Waals surface area contributed by atoms with Crippen molar-refractivity contribution in [3.63, 3.8) is 0 Å². The Morgan fingerprint density at radius 3 is 2.62 bits per heavy atom. The summed E-state index contributed by atoms with van der Waals surface area (Å²) in [6.45, 7) is 7.91. The average molecular weight is 334 g/mol. The quantitative estimate of drug-likeness (QED) is 0.920. The SMILES string of the molecule is COc1ccc(C)cc1NC(=O)[C@@H]1CCCN1C(=O)OC(C)(C)C. The molecule has 0 saturated carbocycles. The third-order valence-corrected chi connectivity index (χ3v) is 3.80. The molecule has 0 bridgehead atoms. The molecular weight excluding hydrogens is 308 g/mol. The molecule has 6 heteroatoms. The number of methoxy groups -OCH3 is 1. The number of aryl methyl sites for hydroxylation is 1. The van der Waals surface area contributed by atoms with Crippen LogP contribution in [-0.4, -0.2) is 42.2 Å². The van der Waals surface area contributed by atoms with E-state index in [1.165, 1.54) is 4.90 Å². The molecule has 0 spiro atoms. The molecule has 1 heterocycles. The van der Waals surface area contributed by atoms with E-state index < -0.39 is 17.7 Å². The third kappa shape index (κ3) is 4.40. The summed E-state index contributed by atoms with van der Waals surface area (Å²) in [5.41, 5.74) is 1.04. The number of nitrogens with zero attached hydrogens (tertiary/aromatic N) is 1. The van der Waals surface area contributed by atoms with Crippen LogP contribution < -0.4 is 10.1 Å². The van der Waals surface area contributed by atoms with Crippen molar-refractivity contribution in [2.24, 2.45) is 0 Å². The van der Waals surface area contributed by atoms with Crippen molar-refractivity contribution in [1.29, 1.82) is 0 Å². The lowest BCUT2D eigenvalue weighted by molar-refractivity contribution is -0.120. The zero-order valence-electron chi connectivity index (χ0n) is 15.0. The van der Waals surface area contributed by atoms with Crippen LogP contribution in [0.25, 0.3) is 0 Å². The van der Waals surface area contributed by atoms with Crippen molar-refractivity contribution >= 4 is 17.7 Å². The van der Waals surface area contributed by atoms with Gasteiger partial charge in [0.25, 0.3) is 0 Å². The lowest BCUT2D eigenvalue weighted by Gasteiger charge is -2.28. The van der Waals surface area contributed by atoms with Gasteiger partial charge in [-0.25, -0.2) is 4.79 Å². The van der Waals surface area contributed by atoms with Crippen LogP contribution in [0.4, 0.5) is 10.5 Å². The molecule has 1 saturated heterocycles. The Morgan fingerprint density at radius 2 is 2.00 bits per heavy atom. The monoisotopic (exact) mass is 334 g/mol. The largest absolute Gasteiger partial charge is 0.495 e. The lowest BCUT2D eigenvalue weighted by atomic mass is 10.1. The first-order valence-electron chi connectivity index (χ1n) is 8.16. The molecule has 1 aromatic carbocycles. The van der Waals surface area contributed by atoms with Crippen LogP contribution >= 0.6 is 0 Å². The second-order valence-electron chi connectivity index (χ2n) is 7.02. The molecule has 0 aromatic heterocycles. The summed E-state index contributed by atoms with van der Waals surface area (Å²) in [5.74, 6) is 0.373. The van der Waals surface area contributed by atoms with Crippen LogP contribution in [0.3, 0.4) is 0 Å². The van der Waals surface area contributed by atoms with Crippen LogP contribution in [0, 0.1) is 6.92 Å². The highest BCUT2D eigenvalue weighted by Gasteiger charge is 2.36. The van der Waals surface area contributed by atoms with E-state index in [1.54, 1.807) is 7.11 Å². The maximum Gasteiger partial charge on any atom is 0.410 e. The number of benzene rings is 1. The average Bonchev–Trinajstić information content (AvgIpc) is 2.95. The minimum atomic E-state index is -0.583. The van der Waals surface area contributed by atoms with E-state index in [1.807, 2.05) is 45.9 Å². The maximum absolute atomic E-state index is 12.7. The van der Waals surface area contributed by atoms with Gasteiger partial charge in [0, 0.05) is 6.54 Å². The van der Waals surface area contributed by atoms with Gasteiger partial charge in [0.15, 0.2) is 0 Å².